The van der Waals surface area contributed by atoms with E-state index in [9.17, 15) is 0 Å². The molecule has 0 saturated heterocycles. The number of aromatic nitrogens is 4. The first-order valence-electron chi connectivity index (χ1n) is 5.38. The molecule has 0 atom stereocenters. The van der Waals surface area contributed by atoms with Crippen molar-refractivity contribution in [1.82, 2.24) is 20.0 Å². The van der Waals surface area contributed by atoms with Crippen molar-refractivity contribution in [2.24, 2.45) is 5.73 Å². The van der Waals surface area contributed by atoms with Crippen LogP contribution in [0, 0.1) is 0 Å². The zero-order valence-electron chi connectivity index (χ0n) is 9.38. The van der Waals surface area contributed by atoms with Crippen LogP contribution >= 0.6 is 15.9 Å². The molecular formula is C11H10BrN5O. The van der Waals surface area contributed by atoms with E-state index in [-0.39, 0.29) is 0 Å². The predicted molar refractivity (Wildman–Crippen MR) is 68.7 cm³/mol. The van der Waals surface area contributed by atoms with Crippen LogP contribution < -0.4 is 5.73 Å². The standard InChI is InChI=1S/C11H10BrN5O/c12-7-1-2-10-9(3-7)14-11(18-10)6-17-5-8(4-13)15-16-17/h1-3,5H,4,6,13H2. The first-order valence-corrected chi connectivity index (χ1v) is 6.18. The molecule has 0 fully saturated rings. The van der Waals surface area contributed by atoms with Crippen molar-refractivity contribution in [1.29, 1.82) is 0 Å². The smallest absolute Gasteiger partial charge is 0.217 e. The van der Waals surface area contributed by atoms with Gasteiger partial charge in [-0.3, -0.25) is 0 Å². The van der Waals surface area contributed by atoms with Crippen LogP contribution in [0.15, 0.2) is 33.3 Å². The third-order valence-corrected chi connectivity index (χ3v) is 2.98. The van der Waals surface area contributed by atoms with Crippen molar-refractivity contribution < 1.29 is 4.42 Å². The van der Waals surface area contributed by atoms with E-state index in [1.54, 1.807) is 10.9 Å². The normalized spacial score (nSPS) is 11.2. The Bertz CT molecular complexity index is 690. The van der Waals surface area contributed by atoms with Crippen LogP contribution in [0.25, 0.3) is 11.1 Å². The minimum atomic E-state index is 0.376. The summed E-state index contributed by atoms with van der Waals surface area (Å²) in [7, 11) is 0. The van der Waals surface area contributed by atoms with Gasteiger partial charge in [0.2, 0.25) is 5.89 Å². The topological polar surface area (TPSA) is 82.8 Å². The Morgan fingerprint density at radius 2 is 2.28 bits per heavy atom. The molecule has 6 nitrogen and oxygen atoms in total. The van der Waals surface area contributed by atoms with E-state index in [2.05, 4.69) is 31.2 Å². The minimum absolute atomic E-state index is 0.376. The van der Waals surface area contributed by atoms with Gasteiger partial charge in [0.25, 0.3) is 0 Å². The highest BCUT2D eigenvalue weighted by Gasteiger charge is 2.08. The lowest BCUT2D eigenvalue weighted by Crippen LogP contribution is -2.00. The maximum Gasteiger partial charge on any atom is 0.217 e. The van der Waals surface area contributed by atoms with E-state index < -0.39 is 0 Å². The lowest BCUT2D eigenvalue weighted by molar-refractivity contribution is 0.485. The molecule has 3 aromatic rings. The molecule has 0 saturated carbocycles. The first-order chi connectivity index (χ1) is 8.74. The Balaban J connectivity index is 1.90. The molecule has 2 aromatic heterocycles. The van der Waals surface area contributed by atoms with E-state index in [0.29, 0.717) is 19.0 Å². The average molecular weight is 308 g/mol. The summed E-state index contributed by atoms with van der Waals surface area (Å²) >= 11 is 3.40. The predicted octanol–water partition coefficient (Wildman–Crippen LogP) is 1.69. The molecule has 7 heteroatoms. The highest BCUT2D eigenvalue weighted by atomic mass is 79.9. The molecule has 3 rings (SSSR count). The zero-order chi connectivity index (χ0) is 12.5. The van der Waals surface area contributed by atoms with Crippen LogP contribution in [-0.2, 0) is 13.1 Å². The number of benzene rings is 1. The number of nitrogens with two attached hydrogens (primary N) is 1. The molecule has 0 bridgehead atoms. The van der Waals surface area contributed by atoms with E-state index in [4.69, 9.17) is 10.2 Å². The number of rotatable bonds is 3. The Morgan fingerprint density at radius 1 is 1.39 bits per heavy atom. The molecule has 2 N–H and O–H groups in total. The molecule has 0 radical (unpaired) electrons. The second-order valence-electron chi connectivity index (χ2n) is 3.83. The lowest BCUT2D eigenvalue weighted by Gasteiger charge is -1.93. The fourth-order valence-electron chi connectivity index (χ4n) is 1.66. The maximum absolute atomic E-state index is 5.62. The summed E-state index contributed by atoms with van der Waals surface area (Å²) < 4.78 is 8.25. The first kappa shape index (κ1) is 11.4. The van der Waals surface area contributed by atoms with Gasteiger partial charge in [-0.15, -0.1) is 5.10 Å². The van der Waals surface area contributed by atoms with Crippen LogP contribution in [0.1, 0.15) is 11.6 Å². The molecule has 0 spiro atoms. The minimum Gasteiger partial charge on any atom is -0.439 e. The molecule has 0 aliphatic rings. The summed E-state index contributed by atoms with van der Waals surface area (Å²) in [6.07, 6.45) is 1.78. The monoisotopic (exact) mass is 307 g/mol. The molecule has 92 valence electrons. The largest absolute Gasteiger partial charge is 0.439 e. The van der Waals surface area contributed by atoms with Gasteiger partial charge in [-0.2, -0.15) is 0 Å². The lowest BCUT2D eigenvalue weighted by atomic mass is 10.3. The van der Waals surface area contributed by atoms with E-state index in [1.165, 1.54) is 0 Å². The van der Waals surface area contributed by atoms with Crippen molar-refractivity contribution in [3.05, 3.63) is 40.5 Å². The van der Waals surface area contributed by atoms with Crippen molar-refractivity contribution in [2.75, 3.05) is 0 Å². The molecule has 0 unspecified atom stereocenters. The van der Waals surface area contributed by atoms with E-state index in [1.807, 2.05) is 18.2 Å². The van der Waals surface area contributed by atoms with Gasteiger partial charge in [-0.05, 0) is 18.2 Å². The Kier molecular flexibility index (Phi) is 2.85. The highest BCUT2D eigenvalue weighted by molar-refractivity contribution is 9.10. The number of oxazole rings is 1. The van der Waals surface area contributed by atoms with Gasteiger partial charge in [0.05, 0.1) is 11.9 Å². The van der Waals surface area contributed by atoms with Crippen LogP contribution in [0.2, 0.25) is 0 Å². The molecule has 0 amide bonds. The Morgan fingerprint density at radius 3 is 3.06 bits per heavy atom. The van der Waals surface area contributed by atoms with E-state index in [0.717, 1.165) is 21.3 Å². The number of halogens is 1. The third kappa shape index (κ3) is 2.14. The number of hydrogen-bond acceptors (Lipinski definition) is 5. The third-order valence-electron chi connectivity index (χ3n) is 2.49. The summed E-state index contributed by atoms with van der Waals surface area (Å²) in [5.74, 6) is 0.594. The molecule has 1 aromatic carbocycles. The van der Waals surface area contributed by atoms with Gasteiger partial charge in [0.1, 0.15) is 12.1 Å². The molecule has 0 aliphatic heterocycles. The van der Waals surface area contributed by atoms with Crippen LogP contribution in [-0.4, -0.2) is 20.0 Å². The van der Waals surface area contributed by atoms with Gasteiger partial charge in [0.15, 0.2) is 5.58 Å². The highest BCUT2D eigenvalue weighted by Crippen LogP contribution is 2.20. The number of fused-ring (bicyclic) bond motifs is 1. The molecule has 18 heavy (non-hydrogen) atoms. The summed E-state index contributed by atoms with van der Waals surface area (Å²) in [6.45, 7) is 0.819. The average Bonchev–Trinajstić information content (AvgIpc) is 2.95. The maximum atomic E-state index is 5.62. The second kappa shape index (κ2) is 4.51. The van der Waals surface area contributed by atoms with Gasteiger partial charge in [-0.25, -0.2) is 9.67 Å². The summed E-state index contributed by atoms with van der Waals surface area (Å²) in [5, 5.41) is 7.86. The quantitative estimate of drug-likeness (QED) is 0.796. The number of nitrogens with zero attached hydrogens (tertiary/aromatic N) is 4. The SMILES string of the molecule is NCc1cn(Cc2nc3cc(Br)ccc3o2)nn1. The Labute approximate surface area is 111 Å². The molecular weight excluding hydrogens is 298 g/mol. The van der Waals surface area contributed by atoms with Gasteiger partial charge in [0, 0.05) is 11.0 Å². The van der Waals surface area contributed by atoms with Crippen molar-refractivity contribution in [2.45, 2.75) is 13.1 Å². The van der Waals surface area contributed by atoms with Crippen molar-refractivity contribution >= 4 is 27.0 Å². The van der Waals surface area contributed by atoms with Crippen LogP contribution in [0.4, 0.5) is 0 Å². The summed E-state index contributed by atoms with van der Waals surface area (Å²) in [6, 6.07) is 5.71. The van der Waals surface area contributed by atoms with Crippen LogP contribution in [0.3, 0.4) is 0 Å². The van der Waals surface area contributed by atoms with Gasteiger partial charge in [-0.1, -0.05) is 21.1 Å². The van der Waals surface area contributed by atoms with Crippen molar-refractivity contribution in [3.8, 4) is 0 Å². The number of hydrogen-bond donors (Lipinski definition) is 1. The zero-order valence-corrected chi connectivity index (χ0v) is 11.0. The van der Waals surface area contributed by atoms with Crippen molar-refractivity contribution in [3.63, 3.8) is 0 Å². The van der Waals surface area contributed by atoms with Gasteiger partial charge < -0.3 is 10.2 Å². The van der Waals surface area contributed by atoms with Gasteiger partial charge >= 0.3 is 0 Å². The fourth-order valence-corrected chi connectivity index (χ4v) is 2.01. The Hall–Kier alpha value is -1.73. The van der Waals surface area contributed by atoms with Crippen LogP contribution in [0.5, 0.6) is 0 Å². The summed E-state index contributed by atoms with van der Waals surface area (Å²) in [4.78, 5) is 4.39. The summed E-state index contributed by atoms with van der Waals surface area (Å²) in [5.41, 5.74) is 7.79. The van der Waals surface area contributed by atoms with E-state index >= 15 is 0 Å². The fraction of sp³-hybridized carbons (Fsp3) is 0.182. The molecule has 2 heterocycles. The second-order valence-corrected chi connectivity index (χ2v) is 4.75. The molecule has 0 aliphatic carbocycles.